The van der Waals surface area contributed by atoms with E-state index < -0.39 is 0 Å². The maximum atomic E-state index is 12.5. The first-order valence-corrected chi connectivity index (χ1v) is 9.21. The third-order valence-electron chi connectivity index (χ3n) is 4.50. The third-order valence-corrected chi connectivity index (χ3v) is 5.38. The van der Waals surface area contributed by atoms with Crippen LogP contribution in [0.2, 0.25) is 0 Å². The monoisotopic (exact) mass is 353 g/mol. The van der Waals surface area contributed by atoms with Crippen molar-refractivity contribution in [3.63, 3.8) is 0 Å². The number of aryl methyl sites for hydroxylation is 1. The number of benzene rings is 1. The molecule has 0 aliphatic heterocycles. The number of hydrogen-bond donors (Lipinski definition) is 2. The predicted molar refractivity (Wildman–Crippen MR) is 97.7 cm³/mol. The van der Waals surface area contributed by atoms with Crippen LogP contribution in [0.1, 0.15) is 45.5 Å². The lowest BCUT2D eigenvalue weighted by Gasteiger charge is -2.27. The van der Waals surface area contributed by atoms with Crippen molar-refractivity contribution >= 4 is 23.1 Å². The quantitative estimate of drug-likeness (QED) is 0.755. The maximum absolute atomic E-state index is 12.5. The second-order valence-electron chi connectivity index (χ2n) is 6.05. The van der Waals surface area contributed by atoms with Crippen LogP contribution < -0.4 is 11.1 Å². The van der Waals surface area contributed by atoms with E-state index in [4.69, 9.17) is 5.73 Å². The second-order valence-corrected chi connectivity index (χ2v) is 7.00. The smallest absolute Gasteiger partial charge is 0.276 e. The van der Waals surface area contributed by atoms with E-state index in [1.165, 1.54) is 22.5 Å². The highest BCUT2D eigenvalue weighted by atomic mass is 32.1. The van der Waals surface area contributed by atoms with Gasteiger partial charge in [0.1, 0.15) is 16.5 Å². The van der Waals surface area contributed by atoms with Crippen LogP contribution >= 0.6 is 11.3 Å². The van der Waals surface area contributed by atoms with Gasteiger partial charge in [-0.3, -0.25) is 4.79 Å². The summed E-state index contributed by atoms with van der Waals surface area (Å²) in [5, 5.41) is 9.89. The Labute approximate surface area is 149 Å². The molecule has 0 spiro atoms. The van der Waals surface area contributed by atoms with E-state index in [0.717, 1.165) is 24.3 Å². The fraction of sp³-hybridized carbons (Fsp3) is 0.278. The molecular formula is C18H19N5OS. The number of hydrogen-bond acceptors (Lipinski definition) is 5. The Morgan fingerprint density at radius 3 is 3.08 bits per heavy atom. The average Bonchev–Trinajstić information content (AvgIpc) is 3.30. The molecule has 0 bridgehead atoms. The number of nitrogens with zero attached hydrogens (tertiary/aromatic N) is 3. The van der Waals surface area contributed by atoms with Crippen LogP contribution in [0.5, 0.6) is 0 Å². The van der Waals surface area contributed by atoms with Gasteiger partial charge in [-0.2, -0.15) is 5.10 Å². The highest BCUT2D eigenvalue weighted by molar-refractivity contribution is 7.09. The largest absolute Gasteiger partial charge is 0.325 e. The van der Waals surface area contributed by atoms with Gasteiger partial charge >= 0.3 is 0 Å². The summed E-state index contributed by atoms with van der Waals surface area (Å²) in [4.78, 5) is 16.7. The number of rotatable bonds is 4. The van der Waals surface area contributed by atoms with Crippen molar-refractivity contribution in [1.82, 2.24) is 14.8 Å². The van der Waals surface area contributed by atoms with Gasteiger partial charge in [0.05, 0.1) is 12.2 Å². The SMILES string of the molecule is NCc1nc(C(=O)Nc2ccnn2C2CCCc3ccccc32)cs1. The normalized spacial score (nSPS) is 16.4. The molecular weight excluding hydrogens is 334 g/mol. The van der Waals surface area contributed by atoms with Crippen molar-refractivity contribution in [2.24, 2.45) is 5.73 Å². The summed E-state index contributed by atoms with van der Waals surface area (Å²) in [7, 11) is 0. The molecule has 3 N–H and O–H groups in total. The molecule has 1 aliphatic rings. The molecule has 4 rings (SSSR count). The molecule has 2 heterocycles. The Bertz CT molecular complexity index is 900. The first-order chi connectivity index (χ1) is 12.3. The van der Waals surface area contributed by atoms with Gasteiger partial charge in [0.15, 0.2) is 0 Å². The fourth-order valence-corrected chi connectivity index (χ4v) is 3.99. The van der Waals surface area contributed by atoms with E-state index >= 15 is 0 Å². The zero-order valence-electron chi connectivity index (χ0n) is 13.7. The highest BCUT2D eigenvalue weighted by Crippen LogP contribution is 2.34. The summed E-state index contributed by atoms with van der Waals surface area (Å²) >= 11 is 1.39. The molecule has 6 nitrogen and oxygen atoms in total. The van der Waals surface area contributed by atoms with Crippen LogP contribution in [0.25, 0.3) is 0 Å². The Morgan fingerprint density at radius 1 is 1.36 bits per heavy atom. The summed E-state index contributed by atoms with van der Waals surface area (Å²) in [5.74, 6) is 0.454. The minimum absolute atomic E-state index is 0.144. The van der Waals surface area contributed by atoms with Gasteiger partial charge in [0, 0.05) is 18.0 Å². The van der Waals surface area contributed by atoms with E-state index in [9.17, 15) is 4.79 Å². The van der Waals surface area contributed by atoms with Crippen LogP contribution in [0.3, 0.4) is 0 Å². The van der Waals surface area contributed by atoms with E-state index in [2.05, 4.69) is 39.7 Å². The number of fused-ring (bicyclic) bond motifs is 1. The number of aromatic nitrogens is 3. The van der Waals surface area contributed by atoms with Crippen molar-refractivity contribution in [3.8, 4) is 0 Å². The predicted octanol–water partition coefficient (Wildman–Crippen LogP) is 2.98. The minimum Gasteiger partial charge on any atom is -0.325 e. The van der Waals surface area contributed by atoms with Crippen LogP contribution in [-0.2, 0) is 13.0 Å². The van der Waals surface area contributed by atoms with Gasteiger partial charge < -0.3 is 11.1 Å². The Balaban J connectivity index is 1.60. The van der Waals surface area contributed by atoms with Crippen molar-refractivity contribution in [2.45, 2.75) is 31.8 Å². The van der Waals surface area contributed by atoms with Crippen LogP contribution in [-0.4, -0.2) is 20.7 Å². The average molecular weight is 353 g/mol. The van der Waals surface area contributed by atoms with E-state index in [1.54, 1.807) is 11.6 Å². The second kappa shape index (κ2) is 6.78. The maximum Gasteiger partial charge on any atom is 0.276 e. The van der Waals surface area contributed by atoms with Crippen LogP contribution in [0, 0.1) is 0 Å². The van der Waals surface area contributed by atoms with Crippen molar-refractivity contribution in [1.29, 1.82) is 0 Å². The molecule has 2 aromatic heterocycles. The third kappa shape index (κ3) is 3.08. The topological polar surface area (TPSA) is 85.8 Å². The molecule has 1 amide bonds. The Kier molecular flexibility index (Phi) is 4.33. The standard InChI is InChI=1S/C18H19N5OS/c19-10-17-21-14(11-25-17)18(24)22-16-8-9-20-23(16)15-7-3-5-12-4-1-2-6-13(12)15/h1-2,4,6,8-9,11,15H,3,5,7,10,19H2,(H,22,24). The number of nitrogens with two attached hydrogens (primary N) is 1. The lowest BCUT2D eigenvalue weighted by Crippen LogP contribution is -2.22. The van der Waals surface area contributed by atoms with Crippen molar-refractivity contribution < 1.29 is 4.79 Å². The van der Waals surface area contributed by atoms with Gasteiger partial charge in [0.25, 0.3) is 5.91 Å². The summed E-state index contributed by atoms with van der Waals surface area (Å²) in [6.07, 6.45) is 4.94. The van der Waals surface area contributed by atoms with E-state index in [0.29, 0.717) is 18.1 Å². The van der Waals surface area contributed by atoms with Crippen LogP contribution in [0.15, 0.2) is 41.9 Å². The summed E-state index contributed by atoms with van der Waals surface area (Å²) in [6, 6.07) is 10.4. The number of carbonyl (C=O) groups excluding carboxylic acids is 1. The number of amides is 1. The molecule has 0 saturated heterocycles. The van der Waals surface area contributed by atoms with Gasteiger partial charge in [-0.25, -0.2) is 9.67 Å². The molecule has 0 saturated carbocycles. The Morgan fingerprint density at radius 2 is 2.24 bits per heavy atom. The first kappa shape index (κ1) is 16.0. The molecule has 1 atom stereocenters. The minimum atomic E-state index is -0.234. The van der Waals surface area contributed by atoms with Gasteiger partial charge in [-0.05, 0) is 30.4 Å². The lowest BCUT2D eigenvalue weighted by atomic mass is 9.88. The first-order valence-electron chi connectivity index (χ1n) is 8.33. The summed E-state index contributed by atoms with van der Waals surface area (Å²) in [5.41, 5.74) is 8.60. The summed E-state index contributed by atoms with van der Waals surface area (Å²) < 4.78 is 1.91. The zero-order valence-corrected chi connectivity index (χ0v) is 14.5. The number of nitrogens with one attached hydrogen (secondary N) is 1. The lowest BCUT2D eigenvalue weighted by molar-refractivity contribution is 0.102. The van der Waals surface area contributed by atoms with Gasteiger partial charge in [-0.1, -0.05) is 24.3 Å². The number of carbonyl (C=O) groups is 1. The zero-order chi connectivity index (χ0) is 17.2. The van der Waals surface area contributed by atoms with E-state index in [1.807, 2.05) is 10.7 Å². The molecule has 1 unspecified atom stereocenters. The van der Waals surface area contributed by atoms with Crippen molar-refractivity contribution in [2.75, 3.05) is 5.32 Å². The van der Waals surface area contributed by atoms with E-state index in [-0.39, 0.29) is 11.9 Å². The number of thiazole rings is 1. The van der Waals surface area contributed by atoms with Gasteiger partial charge in [-0.15, -0.1) is 11.3 Å². The highest BCUT2D eigenvalue weighted by Gasteiger charge is 2.24. The molecule has 1 aliphatic carbocycles. The molecule has 0 fully saturated rings. The molecule has 3 aromatic rings. The van der Waals surface area contributed by atoms with Crippen LogP contribution in [0.4, 0.5) is 5.82 Å². The molecule has 0 radical (unpaired) electrons. The Hall–Kier alpha value is -2.51. The van der Waals surface area contributed by atoms with Gasteiger partial charge in [0.2, 0.25) is 0 Å². The molecule has 128 valence electrons. The summed E-state index contributed by atoms with van der Waals surface area (Å²) in [6.45, 7) is 0.342. The fourth-order valence-electron chi connectivity index (χ4n) is 3.33. The molecule has 25 heavy (non-hydrogen) atoms. The molecule has 7 heteroatoms. The van der Waals surface area contributed by atoms with Crippen molar-refractivity contribution in [3.05, 3.63) is 63.7 Å². The number of anilines is 1. The molecule has 1 aromatic carbocycles.